The number of rotatable bonds is 6. The minimum Gasteiger partial charge on any atom is -0.383 e. The van der Waals surface area contributed by atoms with E-state index in [1.165, 1.54) is 18.5 Å². The van der Waals surface area contributed by atoms with Crippen molar-refractivity contribution in [1.82, 2.24) is 0 Å². The van der Waals surface area contributed by atoms with E-state index in [-0.39, 0.29) is 6.04 Å². The molecule has 0 aliphatic heterocycles. The van der Waals surface area contributed by atoms with E-state index in [2.05, 4.69) is 39.0 Å². The van der Waals surface area contributed by atoms with Crippen molar-refractivity contribution in [2.75, 3.05) is 25.2 Å². The highest BCUT2D eigenvalue weighted by molar-refractivity contribution is 9.10. The molecule has 0 heterocycles. The molecule has 0 radical (unpaired) electrons. The maximum atomic E-state index is 5.91. The van der Waals surface area contributed by atoms with Gasteiger partial charge >= 0.3 is 0 Å². The molecule has 0 amide bonds. The summed E-state index contributed by atoms with van der Waals surface area (Å²) in [5.74, 6) is 0. The maximum absolute atomic E-state index is 5.91. The second kappa shape index (κ2) is 6.04. The fourth-order valence-corrected chi connectivity index (χ4v) is 2.74. The summed E-state index contributed by atoms with van der Waals surface area (Å²) in [6.45, 7) is 3.71. The predicted molar refractivity (Wildman–Crippen MR) is 79.0 cm³/mol. The number of nitrogens with two attached hydrogens (primary N) is 1. The van der Waals surface area contributed by atoms with Gasteiger partial charge in [0.1, 0.15) is 0 Å². The van der Waals surface area contributed by atoms with Crippen LogP contribution in [0.25, 0.3) is 0 Å². The SMILES string of the molecule is COCCN(c1ccc([C@@H](C)N)cc1Br)C1CC1. The van der Waals surface area contributed by atoms with Gasteiger partial charge in [-0.3, -0.25) is 0 Å². The number of anilines is 1. The molecule has 0 spiro atoms. The minimum atomic E-state index is 0.0729. The first-order valence-corrected chi connectivity index (χ1v) is 7.23. The molecule has 0 saturated heterocycles. The molecule has 1 atom stereocenters. The fraction of sp³-hybridized carbons (Fsp3) is 0.571. The highest BCUT2D eigenvalue weighted by Crippen LogP contribution is 2.36. The van der Waals surface area contributed by atoms with Gasteiger partial charge in [-0.15, -0.1) is 0 Å². The Morgan fingerprint density at radius 3 is 2.72 bits per heavy atom. The number of hydrogen-bond acceptors (Lipinski definition) is 3. The lowest BCUT2D eigenvalue weighted by atomic mass is 10.1. The Balaban J connectivity index is 2.19. The van der Waals surface area contributed by atoms with Gasteiger partial charge in [0.2, 0.25) is 0 Å². The number of methoxy groups -OCH3 is 1. The van der Waals surface area contributed by atoms with Crippen LogP contribution in [0.5, 0.6) is 0 Å². The zero-order chi connectivity index (χ0) is 13.1. The van der Waals surface area contributed by atoms with Crippen LogP contribution in [0, 0.1) is 0 Å². The zero-order valence-electron chi connectivity index (χ0n) is 11.0. The molecule has 4 heteroatoms. The molecule has 100 valence electrons. The van der Waals surface area contributed by atoms with E-state index in [9.17, 15) is 0 Å². The van der Waals surface area contributed by atoms with Crippen molar-refractivity contribution in [2.45, 2.75) is 31.8 Å². The lowest BCUT2D eigenvalue weighted by molar-refractivity contribution is 0.205. The number of benzene rings is 1. The van der Waals surface area contributed by atoms with E-state index in [4.69, 9.17) is 10.5 Å². The fourth-order valence-electron chi connectivity index (χ4n) is 2.11. The molecule has 0 aromatic heterocycles. The molecule has 0 bridgehead atoms. The minimum absolute atomic E-state index is 0.0729. The van der Waals surface area contributed by atoms with E-state index in [1.807, 2.05) is 6.92 Å². The van der Waals surface area contributed by atoms with Gasteiger partial charge in [0.05, 0.1) is 12.3 Å². The molecule has 2 rings (SSSR count). The van der Waals surface area contributed by atoms with E-state index < -0.39 is 0 Å². The Kier molecular flexibility index (Phi) is 4.65. The Hall–Kier alpha value is -0.580. The molecular formula is C14H21BrN2O. The topological polar surface area (TPSA) is 38.5 Å². The highest BCUT2D eigenvalue weighted by atomic mass is 79.9. The number of hydrogen-bond donors (Lipinski definition) is 1. The van der Waals surface area contributed by atoms with Gasteiger partial charge in [-0.1, -0.05) is 6.07 Å². The van der Waals surface area contributed by atoms with Crippen LogP contribution in [0.15, 0.2) is 22.7 Å². The molecule has 0 unspecified atom stereocenters. The third kappa shape index (κ3) is 3.25. The smallest absolute Gasteiger partial charge is 0.0637 e. The van der Waals surface area contributed by atoms with Crippen LogP contribution in [0.4, 0.5) is 5.69 Å². The molecule has 1 saturated carbocycles. The number of ether oxygens (including phenoxy) is 1. The first-order chi connectivity index (χ1) is 8.63. The molecule has 1 aromatic rings. The summed E-state index contributed by atoms with van der Waals surface area (Å²) in [5, 5.41) is 0. The van der Waals surface area contributed by atoms with Gasteiger partial charge < -0.3 is 15.4 Å². The Labute approximate surface area is 117 Å². The molecule has 2 N–H and O–H groups in total. The van der Waals surface area contributed by atoms with Crippen LogP contribution in [-0.2, 0) is 4.74 Å². The van der Waals surface area contributed by atoms with Crippen LogP contribution in [0.3, 0.4) is 0 Å². The Morgan fingerprint density at radius 1 is 1.50 bits per heavy atom. The molecule has 1 aromatic carbocycles. The van der Waals surface area contributed by atoms with Crippen molar-refractivity contribution >= 4 is 21.6 Å². The third-order valence-corrected chi connectivity index (χ3v) is 3.97. The largest absolute Gasteiger partial charge is 0.383 e. The molecular weight excluding hydrogens is 292 g/mol. The molecule has 18 heavy (non-hydrogen) atoms. The van der Waals surface area contributed by atoms with E-state index in [0.29, 0.717) is 6.04 Å². The second-order valence-corrected chi connectivity index (χ2v) is 5.77. The quantitative estimate of drug-likeness (QED) is 0.877. The van der Waals surface area contributed by atoms with Crippen molar-refractivity contribution in [1.29, 1.82) is 0 Å². The standard InChI is InChI=1S/C14H21BrN2O/c1-10(16)11-3-6-14(13(15)9-11)17(7-8-18-2)12-4-5-12/h3,6,9-10,12H,4-5,7-8,16H2,1-2H3/t10-/m1/s1. The molecule has 1 fully saturated rings. The van der Waals surface area contributed by atoms with E-state index in [1.54, 1.807) is 7.11 Å². The van der Waals surface area contributed by atoms with Gasteiger partial charge in [0, 0.05) is 30.2 Å². The van der Waals surface area contributed by atoms with Gasteiger partial charge in [0.25, 0.3) is 0 Å². The van der Waals surface area contributed by atoms with Crippen LogP contribution >= 0.6 is 15.9 Å². The maximum Gasteiger partial charge on any atom is 0.0637 e. The molecule has 3 nitrogen and oxygen atoms in total. The van der Waals surface area contributed by atoms with Crippen LogP contribution in [0.2, 0.25) is 0 Å². The number of halogens is 1. The summed E-state index contributed by atoms with van der Waals surface area (Å²) in [4.78, 5) is 2.43. The van der Waals surface area contributed by atoms with Crippen LogP contribution < -0.4 is 10.6 Å². The van der Waals surface area contributed by atoms with Gasteiger partial charge in [-0.05, 0) is 53.4 Å². The van der Waals surface area contributed by atoms with Crippen molar-refractivity contribution in [3.05, 3.63) is 28.2 Å². The van der Waals surface area contributed by atoms with Crippen LogP contribution in [0.1, 0.15) is 31.4 Å². The lowest BCUT2D eigenvalue weighted by Crippen LogP contribution is -2.29. The van der Waals surface area contributed by atoms with Gasteiger partial charge in [-0.2, -0.15) is 0 Å². The lowest BCUT2D eigenvalue weighted by Gasteiger charge is -2.26. The molecule has 1 aliphatic carbocycles. The van der Waals surface area contributed by atoms with Crippen LogP contribution in [-0.4, -0.2) is 26.3 Å². The average Bonchev–Trinajstić information content (AvgIpc) is 3.15. The molecule has 1 aliphatic rings. The van der Waals surface area contributed by atoms with Crippen molar-refractivity contribution in [3.63, 3.8) is 0 Å². The predicted octanol–water partition coefficient (Wildman–Crippen LogP) is 3.08. The van der Waals surface area contributed by atoms with Gasteiger partial charge in [-0.25, -0.2) is 0 Å². The monoisotopic (exact) mass is 312 g/mol. The highest BCUT2D eigenvalue weighted by Gasteiger charge is 2.30. The second-order valence-electron chi connectivity index (χ2n) is 4.92. The van der Waals surface area contributed by atoms with E-state index >= 15 is 0 Å². The zero-order valence-corrected chi connectivity index (χ0v) is 12.6. The number of nitrogens with zero attached hydrogens (tertiary/aromatic N) is 1. The van der Waals surface area contributed by atoms with Crippen molar-refractivity contribution < 1.29 is 4.74 Å². The van der Waals surface area contributed by atoms with Crippen molar-refractivity contribution in [2.24, 2.45) is 5.73 Å². The first kappa shape index (κ1) is 13.8. The van der Waals surface area contributed by atoms with E-state index in [0.717, 1.165) is 23.2 Å². The first-order valence-electron chi connectivity index (χ1n) is 6.44. The summed E-state index contributed by atoms with van der Waals surface area (Å²) < 4.78 is 6.32. The summed E-state index contributed by atoms with van der Waals surface area (Å²) in [6.07, 6.45) is 2.57. The Bertz CT molecular complexity index is 405. The summed E-state index contributed by atoms with van der Waals surface area (Å²) in [6, 6.07) is 7.16. The summed E-state index contributed by atoms with van der Waals surface area (Å²) in [7, 11) is 1.75. The van der Waals surface area contributed by atoms with Gasteiger partial charge in [0.15, 0.2) is 0 Å². The summed E-state index contributed by atoms with van der Waals surface area (Å²) >= 11 is 3.67. The van der Waals surface area contributed by atoms with Crippen molar-refractivity contribution in [3.8, 4) is 0 Å². The average molecular weight is 313 g/mol. The third-order valence-electron chi connectivity index (χ3n) is 3.33. The Morgan fingerprint density at radius 2 is 2.22 bits per heavy atom. The summed E-state index contributed by atoms with van der Waals surface area (Å²) in [5.41, 5.74) is 8.32. The normalized spacial score (nSPS) is 16.7.